The molecule has 0 atom stereocenters. The number of fused-ring (bicyclic) bond motifs is 1. The topological polar surface area (TPSA) is 65.2 Å². The summed E-state index contributed by atoms with van der Waals surface area (Å²) in [7, 11) is 0.618. The van der Waals surface area contributed by atoms with Gasteiger partial charge in [0.25, 0.3) is 0 Å². The van der Waals surface area contributed by atoms with Gasteiger partial charge in [-0.15, -0.1) is 0 Å². The van der Waals surface area contributed by atoms with Crippen LogP contribution in [0.3, 0.4) is 0 Å². The molecule has 1 aliphatic heterocycles. The summed E-state index contributed by atoms with van der Waals surface area (Å²) in [6.07, 6.45) is 1.40. The molecule has 0 amide bonds. The van der Waals surface area contributed by atoms with Crippen molar-refractivity contribution in [3.63, 3.8) is 0 Å². The van der Waals surface area contributed by atoms with Crippen LogP contribution in [0, 0.1) is 6.57 Å². The number of benzene rings is 1. The Morgan fingerprint density at radius 2 is 2.29 bits per heavy atom. The van der Waals surface area contributed by atoms with Gasteiger partial charge in [0.05, 0.1) is 20.3 Å². The number of pyridine rings is 1. The van der Waals surface area contributed by atoms with Crippen LogP contribution in [0.4, 0.5) is 5.69 Å². The van der Waals surface area contributed by atoms with Gasteiger partial charge in [-0.25, -0.2) is 9.83 Å². The lowest BCUT2D eigenvalue weighted by atomic mass is 9.80. The van der Waals surface area contributed by atoms with Crippen molar-refractivity contribution in [2.75, 3.05) is 7.11 Å². The summed E-state index contributed by atoms with van der Waals surface area (Å²) in [6.45, 7) is 7.36. The van der Waals surface area contributed by atoms with Crippen LogP contribution in [0.2, 0.25) is 0 Å². The Bertz CT molecular complexity index is 729. The zero-order valence-electron chi connectivity index (χ0n) is 11.2. The van der Waals surface area contributed by atoms with E-state index in [-0.39, 0.29) is 0 Å². The molecular formula is C14H11BN2O4. The van der Waals surface area contributed by atoms with Crippen LogP contribution >= 0.6 is 0 Å². The molecule has 0 unspecified atom stereocenters. The Kier molecular flexibility index (Phi) is 3.48. The van der Waals surface area contributed by atoms with Crippen LogP contribution in [0.5, 0.6) is 17.4 Å². The first-order valence-electron chi connectivity index (χ1n) is 6.23. The minimum atomic E-state index is -0.870. The van der Waals surface area contributed by atoms with Crippen molar-refractivity contribution in [1.82, 2.24) is 4.98 Å². The lowest BCUT2D eigenvalue weighted by Crippen LogP contribution is -2.27. The molecule has 0 fully saturated rings. The fourth-order valence-corrected chi connectivity index (χ4v) is 2.11. The SMILES string of the molecule is [C-]#[N+]c1cnc(Oc2ccc3c(c2)COB3O)cc1OC. The molecule has 21 heavy (non-hydrogen) atoms. The zero-order valence-corrected chi connectivity index (χ0v) is 11.2. The summed E-state index contributed by atoms with van der Waals surface area (Å²) in [4.78, 5) is 7.37. The molecule has 7 heteroatoms. The molecule has 2 heterocycles. The van der Waals surface area contributed by atoms with Crippen molar-refractivity contribution in [3.05, 3.63) is 47.4 Å². The predicted octanol–water partition coefficient (Wildman–Crippen LogP) is 1.65. The monoisotopic (exact) mass is 282 g/mol. The fourth-order valence-electron chi connectivity index (χ4n) is 2.11. The number of aromatic nitrogens is 1. The van der Waals surface area contributed by atoms with Gasteiger partial charge in [-0.2, -0.15) is 0 Å². The van der Waals surface area contributed by atoms with Crippen molar-refractivity contribution in [3.8, 4) is 17.4 Å². The van der Waals surface area contributed by atoms with Crippen molar-refractivity contribution < 1.29 is 19.2 Å². The summed E-state index contributed by atoms with van der Waals surface area (Å²) in [6, 6.07) is 6.84. The van der Waals surface area contributed by atoms with Gasteiger partial charge in [0, 0.05) is 12.3 Å². The maximum Gasteiger partial charge on any atom is 0.491 e. The first-order valence-corrected chi connectivity index (χ1v) is 6.23. The lowest BCUT2D eigenvalue weighted by Gasteiger charge is -2.08. The van der Waals surface area contributed by atoms with Crippen molar-refractivity contribution in [1.29, 1.82) is 0 Å². The van der Waals surface area contributed by atoms with Crippen LogP contribution in [0.25, 0.3) is 4.85 Å². The van der Waals surface area contributed by atoms with E-state index in [2.05, 4.69) is 9.83 Å². The molecule has 0 saturated heterocycles. The van der Waals surface area contributed by atoms with Gasteiger partial charge in [0.1, 0.15) is 11.5 Å². The molecule has 1 N–H and O–H groups in total. The van der Waals surface area contributed by atoms with Crippen LogP contribution < -0.4 is 14.9 Å². The van der Waals surface area contributed by atoms with E-state index in [4.69, 9.17) is 20.7 Å². The number of nitrogens with zero attached hydrogens (tertiary/aromatic N) is 2. The Morgan fingerprint density at radius 1 is 1.43 bits per heavy atom. The maximum absolute atomic E-state index is 9.57. The Balaban J connectivity index is 1.86. The van der Waals surface area contributed by atoms with Crippen LogP contribution in [0.15, 0.2) is 30.5 Å². The molecular weight excluding hydrogens is 271 g/mol. The highest BCUT2D eigenvalue weighted by Crippen LogP contribution is 2.31. The van der Waals surface area contributed by atoms with Gasteiger partial charge in [0.15, 0.2) is 0 Å². The summed E-state index contributed by atoms with van der Waals surface area (Å²) < 4.78 is 15.9. The standard InChI is InChI=1S/C14H11BN2O4/c1-16-12-7-17-14(6-13(12)19-2)21-10-3-4-11-9(5-10)8-20-15(11)18/h3-7,18H,8H2,2H3. The average molecular weight is 282 g/mol. The number of methoxy groups -OCH3 is 1. The van der Waals surface area contributed by atoms with Crippen LogP contribution in [-0.4, -0.2) is 24.2 Å². The van der Waals surface area contributed by atoms with Crippen molar-refractivity contribution in [2.24, 2.45) is 0 Å². The van der Waals surface area contributed by atoms with Gasteiger partial charge >= 0.3 is 7.12 Å². The van der Waals surface area contributed by atoms with E-state index in [0.29, 0.717) is 29.7 Å². The van der Waals surface area contributed by atoms with Crippen molar-refractivity contribution in [2.45, 2.75) is 6.61 Å². The van der Waals surface area contributed by atoms with Gasteiger partial charge < -0.3 is 19.2 Å². The summed E-state index contributed by atoms with van der Waals surface area (Å²) in [5.74, 6) is 1.32. The quantitative estimate of drug-likeness (QED) is 0.685. The maximum atomic E-state index is 9.57. The molecule has 0 radical (unpaired) electrons. The number of ether oxygens (including phenoxy) is 2. The third-order valence-corrected chi connectivity index (χ3v) is 3.16. The van der Waals surface area contributed by atoms with Gasteiger partial charge in [-0.05, 0) is 23.2 Å². The summed E-state index contributed by atoms with van der Waals surface area (Å²) >= 11 is 0. The Labute approximate surface area is 121 Å². The van der Waals surface area contributed by atoms with E-state index in [1.165, 1.54) is 13.3 Å². The smallest absolute Gasteiger partial charge is 0.491 e. The third kappa shape index (κ3) is 2.54. The molecule has 0 spiro atoms. The van der Waals surface area contributed by atoms with E-state index in [1.807, 2.05) is 0 Å². The third-order valence-electron chi connectivity index (χ3n) is 3.16. The molecule has 2 aromatic rings. The van der Waals surface area contributed by atoms with Crippen molar-refractivity contribution >= 4 is 18.3 Å². The number of hydrogen-bond acceptors (Lipinski definition) is 5. The highest BCUT2D eigenvalue weighted by Gasteiger charge is 2.27. The predicted molar refractivity (Wildman–Crippen MR) is 76.0 cm³/mol. The van der Waals surface area contributed by atoms with E-state index < -0.39 is 7.12 Å². The van der Waals surface area contributed by atoms with Crippen LogP contribution in [0.1, 0.15) is 5.56 Å². The zero-order chi connectivity index (χ0) is 14.8. The highest BCUT2D eigenvalue weighted by atomic mass is 16.5. The van der Waals surface area contributed by atoms with Gasteiger partial charge in [0.2, 0.25) is 11.6 Å². The van der Waals surface area contributed by atoms with E-state index in [1.54, 1.807) is 24.3 Å². The summed E-state index contributed by atoms with van der Waals surface area (Å²) in [5.41, 5.74) is 1.95. The molecule has 0 bridgehead atoms. The summed E-state index contributed by atoms with van der Waals surface area (Å²) in [5, 5.41) is 9.57. The second kappa shape index (κ2) is 5.44. The lowest BCUT2D eigenvalue weighted by molar-refractivity contribution is 0.275. The molecule has 1 aromatic heterocycles. The minimum absolute atomic E-state index is 0.329. The first-order chi connectivity index (χ1) is 10.2. The van der Waals surface area contributed by atoms with Crippen LogP contribution in [-0.2, 0) is 11.3 Å². The Morgan fingerprint density at radius 3 is 3.05 bits per heavy atom. The molecule has 6 nitrogen and oxygen atoms in total. The fraction of sp³-hybridized carbons (Fsp3) is 0.143. The van der Waals surface area contributed by atoms with Gasteiger partial charge in [-0.1, -0.05) is 6.07 Å². The van der Waals surface area contributed by atoms with E-state index in [0.717, 1.165) is 11.0 Å². The minimum Gasteiger partial charge on any atom is -0.508 e. The second-order valence-electron chi connectivity index (χ2n) is 4.43. The highest BCUT2D eigenvalue weighted by molar-refractivity contribution is 6.61. The molecule has 1 aliphatic rings. The van der Waals surface area contributed by atoms with E-state index in [9.17, 15) is 5.02 Å². The normalized spacial score (nSPS) is 12.7. The first kappa shape index (κ1) is 13.4. The average Bonchev–Trinajstić information content (AvgIpc) is 2.88. The number of rotatable bonds is 3. The molecule has 0 saturated carbocycles. The Hall–Kier alpha value is -2.56. The molecule has 1 aromatic carbocycles. The molecule has 3 rings (SSSR count). The second-order valence-corrected chi connectivity index (χ2v) is 4.43. The van der Waals surface area contributed by atoms with E-state index >= 15 is 0 Å². The van der Waals surface area contributed by atoms with Gasteiger partial charge in [-0.3, -0.25) is 0 Å². The number of hydrogen-bond donors (Lipinski definition) is 1. The largest absolute Gasteiger partial charge is 0.508 e. The molecule has 0 aliphatic carbocycles. The molecule has 104 valence electrons.